The molecule has 0 aliphatic heterocycles. The predicted octanol–water partition coefficient (Wildman–Crippen LogP) is 3.28. The lowest BCUT2D eigenvalue weighted by Gasteiger charge is -2.11. The number of benzene rings is 2. The monoisotopic (exact) mass is 257 g/mol. The average Bonchev–Trinajstić information content (AvgIpc) is 2.45. The van der Waals surface area contributed by atoms with Crippen LogP contribution in [0.15, 0.2) is 42.5 Å². The third kappa shape index (κ3) is 3.02. The summed E-state index contributed by atoms with van der Waals surface area (Å²) in [6, 6.07) is 13.2. The van der Waals surface area contributed by atoms with E-state index in [9.17, 15) is 4.39 Å². The molecule has 2 aromatic carbocycles. The molecule has 0 aliphatic carbocycles. The molecule has 2 aromatic rings. The summed E-state index contributed by atoms with van der Waals surface area (Å²) in [5.41, 5.74) is 1.04. The molecule has 4 heteroatoms. The van der Waals surface area contributed by atoms with Gasteiger partial charge in [0.25, 0.3) is 0 Å². The Kier molecular flexibility index (Phi) is 3.99. The Morgan fingerprint density at radius 3 is 2.68 bits per heavy atom. The number of hydrogen-bond donors (Lipinski definition) is 0. The lowest BCUT2D eigenvalue weighted by atomic mass is 10.2. The molecule has 0 radical (unpaired) electrons. The summed E-state index contributed by atoms with van der Waals surface area (Å²) in [6.45, 7) is 0.139. The van der Waals surface area contributed by atoms with Crippen LogP contribution in [0, 0.1) is 17.1 Å². The van der Waals surface area contributed by atoms with Crippen molar-refractivity contribution in [2.75, 3.05) is 7.11 Å². The first-order valence-corrected chi connectivity index (χ1v) is 5.69. The van der Waals surface area contributed by atoms with Crippen LogP contribution in [0.4, 0.5) is 4.39 Å². The van der Waals surface area contributed by atoms with Crippen LogP contribution in [-0.4, -0.2) is 7.11 Å². The molecular formula is C15H12FNO2. The van der Waals surface area contributed by atoms with Gasteiger partial charge in [-0.15, -0.1) is 0 Å². The maximum atomic E-state index is 13.2. The van der Waals surface area contributed by atoms with E-state index in [1.54, 1.807) is 30.3 Å². The van der Waals surface area contributed by atoms with Crippen LogP contribution in [0.2, 0.25) is 0 Å². The minimum Gasteiger partial charge on any atom is -0.496 e. The summed E-state index contributed by atoms with van der Waals surface area (Å²) in [5, 5.41) is 8.95. The zero-order valence-electron chi connectivity index (χ0n) is 10.4. The number of rotatable bonds is 4. The minimum atomic E-state index is -0.354. The van der Waals surface area contributed by atoms with Crippen LogP contribution in [0.3, 0.4) is 0 Å². The van der Waals surface area contributed by atoms with Crippen molar-refractivity contribution in [3.63, 3.8) is 0 Å². The van der Waals surface area contributed by atoms with Gasteiger partial charge < -0.3 is 9.47 Å². The summed E-state index contributed by atoms with van der Waals surface area (Å²) in [5.74, 6) is 0.667. The molecule has 0 spiro atoms. The van der Waals surface area contributed by atoms with E-state index in [0.29, 0.717) is 22.6 Å². The molecule has 0 bridgehead atoms. The lowest BCUT2D eigenvalue weighted by Crippen LogP contribution is -2.00. The Balaban J connectivity index is 2.19. The van der Waals surface area contributed by atoms with Gasteiger partial charge in [0, 0.05) is 5.56 Å². The maximum absolute atomic E-state index is 13.2. The van der Waals surface area contributed by atoms with E-state index >= 15 is 0 Å². The summed E-state index contributed by atoms with van der Waals surface area (Å²) < 4.78 is 23.9. The van der Waals surface area contributed by atoms with Crippen molar-refractivity contribution < 1.29 is 13.9 Å². The largest absolute Gasteiger partial charge is 0.496 e. The quantitative estimate of drug-likeness (QED) is 0.844. The Morgan fingerprint density at radius 2 is 1.95 bits per heavy atom. The molecule has 96 valence electrons. The normalized spacial score (nSPS) is 9.74. The first kappa shape index (κ1) is 12.9. The smallest absolute Gasteiger partial charge is 0.137 e. The number of halogens is 1. The highest BCUT2D eigenvalue weighted by molar-refractivity contribution is 5.43. The minimum absolute atomic E-state index is 0.139. The van der Waals surface area contributed by atoms with Crippen molar-refractivity contribution in [1.29, 1.82) is 5.26 Å². The zero-order chi connectivity index (χ0) is 13.7. The zero-order valence-corrected chi connectivity index (χ0v) is 10.4. The first-order chi connectivity index (χ1) is 9.24. The topological polar surface area (TPSA) is 42.2 Å². The van der Waals surface area contributed by atoms with Gasteiger partial charge in [-0.05, 0) is 30.3 Å². The SMILES string of the molecule is COc1ccc(F)cc1COc1ccccc1C#N. The Labute approximate surface area is 110 Å². The number of hydrogen-bond acceptors (Lipinski definition) is 3. The van der Waals surface area contributed by atoms with Gasteiger partial charge in [-0.1, -0.05) is 12.1 Å². The summed E-state index contributed by atoms with van der Waals surface area (Å²) in [6.07, 6.45) is 0. The molecule has 0 amide bonds. The standard InChI is InChI=1S/C15H12FNO2/c1-18-14-7-6-13(16)8-12(14)10-19-15-5-3-2-4-11(15)9-17/h2-8H,10H2,1H3. The molecule has 0 N–H and O–H groups in total. The number of nitriles is 1. The lowest BCUT2D eigenvalue weighted by molar-refractivity contribution is 0.295. The molecule has 0 unspecified atom stereocenters. The number of nitrogens with zero attached hydrogens (tertiary/aromatic N) is 1. The molecule has 0 atom stereocenters. The molecule has 0 aromatic heterocycles. The van der Waals surface area contributed by atoms with Gasteiger partial charge >= 0.3 is 0 Å². The van der Waals surface area contributed by atoms with Gasteiger partial charge in [-0.2, -0.15) is 5.26 Å². The molecule has 2 rings (SSSR count). The predicted molar refractivity (Wildman–Crippen MR) is 68.4 cm³/mol. The molecule has 0 fully saturated rings. The van der Waals surface area contributed by atoms with Crippen LogP contribution in [0.25, 0.3) is 0 Å². The Hall–Kier alpha value is -2.54. The maximum Gasteiger partial charge on any atom is 0.137 e. The number of ether oxygens (including phenoxy) is 2. The number of methoxy groups -OCH3 is 1. The fourth-order valence-electron chi connectivity index (χ4n) is 1.70. The van der Waals surface area contributed by atoms with Crippen LogP contribution in [0.1, 0.15) is 11.1 Å². The van der Waals surface area contributed by atoms with Gasteiger partial charge in [-0.25, -0.2) is 4.39 Å². The summed E-state index contributed by atoms with van der Waals surface area (Å²) in [7, 11) is 1.51. The van der Waals surface area contributed by atoms with E-state index in [1.807, 2.05) is 6.07 Å². The van der Waals surface area contributed by atoms with E-state index < -0.39 is 0 Å². The van der Waals surface area contributed by atoms with Crippen LogP contribution in [-0.2, 0) is 6.61 Å². The molecule has 0 aliphatic rings. The van der Waals surface area contributed by atoms with Crippen molar-refractivity contribution in [3.05, 3.63) is 59.4 Å². The second-order valence-electron chi connectivity index (χ2n) is 3.85. The molecule has 3 nitrogen and oxygen atoms in total. The average molecular weight is 257 g/mol. The van der Waals surface area contributed by atoms with Gasteiger partial charge in [0.2, 0.25) is 0 Å². The highest BCUT2D eigenvalue weighted by atomic mass is 19.1. The van der Waals surface area contributed by atoms with Crippen LogP contribution < -0.4 is 9.47 Å². The van der Waals surface area contributed by atoms with E-state index in [4.69, 9.17) is 14.7 Å². The Morgan fingerprint density at radius 1 is 1.16 bits per heavy atom. The Bertz CT molecular complexity index is 620. The van der Waals surface area contributed by atoms with E-state index in [0.717, 1.165) is 0 Å². The van der Waals surface area contributed by atoms with Gasteiger partial charge in [0.15, 0.2) is 0 Å². The van der Waals surface area contributed by atoms with E-state index in [2.05, 4.69) is 0 Å². The molecule has 0 saturated carbocycles. The second-order valence-corrected chi connectivity index (χ2v) is 3.85. The van der Waals surface area contributed by atoms with Gasteiger partial charge in [0.05, 0.1) is 12.7 Å². The molecule has 0 saturated heterocycles. The number of para-hydroxylation sites is 1. The van der Waals surface area contributed by atoms with Gasteiger partial charge in [-0.3, -0.25) is 0 Å². The summed E-state index contributed by atoms with van der Waals surface area (Å²) >= 11 is 0. The highest BCUT2D eigenvalue weighted by Crippen LogP contribution is 2.23. The third-order valence-corrected chi connectivity index (χ3v) is 2.63. The van der Waals surface area contributed by atoms with E-state index in [-0.39, 0.29) is 12.4 Å². The van der Waals surface area contributed by atoms with Crippen molar-refractivity contribution >= 4 is 0 Å². The molecule has 0 heterocycles. The molecular weight excluding hydrogens is 245 g/mol. The van der Waals surface area contributed by atoms with Crippen LogP contribution >= 0.6 is 0 Å². The van der Waals surface area contributed by atoms with E-state index in [1.165, 1.54) is 19.2 Å². The van der Waals surface area contributed by atoms with Crippen molar-refractivity contribution in [1.82, 2.24) is 0 Å². The first-order valence-electron chi connectivity index (χ1n) is 5.69. The van der Waals surface area contributed by atoms with Crippen molar-refractivity contribution in [2.45, 2.75) is 6.61 Å². The van der Waals surface area contributed by atoms with Crippen LogP contribution in [0.5, 0.6) is 11.5 Å². The van der Waals surface area contributed by atoms with Crippen molar-refractivity contribution in [2.24, 2.45) is 0 Å². The highest BCUT2D eigenvalue weighted by Gasteiger charge is 2.07. The summed E-state index contributed by atoms with van der Waals surface area (Å²) in [4.78, 5) is 0. The fraction of sp³-hybridized carbons (Fsp3) is 0.133. The van der Waals surface area contributed by atoms with Gasteiger partial charge in [0.1, 0.15) is 30.0 Å². The third-order valence-electron chi connectivity index (χ3n) is 2.63. The fourth-order valence-corrected chi connectivity index (χ4v) is 1.70. The van der Waals surface area contributed by atoms with Crippen molar-refractivity contribution in [3.8, 4) is 17.6 Å². The molecule has 19 heavy (non-hydrogen) atoms. The second kappa shape index (κ2) is 5.87.